The Hall–Kier alpha value is -3.86. The smallest absolute Gasteiger partial charge is 0.462 e. The molecule has 0 aromatic heterocycles. The zero-order chi connectivity index (χ0) is 54.1. The van der Waals surface area contributed by atoms with Crippen molar-refractivity contribution in [2.75, 3.05) is 26.4 Å². The number of allylic oxidation sites excluding steroid dienone is 18. The van der Waals surface area contributed by atoms with E-state index < -0.39 is 57.8 Å². The van der Waals surface area contributed by atoms with Gasteiger partial charge in [0.2, 0.25) is 0 Å². The summed E-state index contributed by atoms with van der Waals surface area (Å²) in [6.45, 7) is 4.29. The number of aliphatic hydroxyl groups is 1. The van der Waals surface area contributed by atoms with E-state index in [-0.39, 0.29) is 25.9 Å². The van der Waals surface area contributed by atoms with Gasteiger partial charge in [0.15, 0.2) is 6.10 Å². The molecule has 0 aromatic rings. The molecule has 12 heteroatoms. The quantitative estimate of drug-likeness (QED) is 0.0197. The molecule has 0 saturated heterocycles. The minimum atomic E-state index is -4.78. The summed E-state index contributed by atoms with van der Waals surface area (Å²) in [5, 5.41) is 9.82. The molecule has 0 rings (SSSR count). The van der Waals surface area contributed by atoms with Crippen LogP contribution in [0, 0.1) is 0 Å². The lowest BCUT2D eigenvalue weighted by Gasteiger charge is -2.21. The van der Waals surface area contributed by atoms with Gasteiger partial charge < -0.3 is 24.2 Å². The molecule has 0 bridgehead atoms. The first-order chi connectivity index (χ1) is 36.2. The molecule has 74 heavy (non-hydrogen) atoms. The number of rotatable bonds is 52. The second-order valence-corrected chi connectivity index (χ2v) is 20.1. The number of hydrogen-bond acceptors (Lipinski definition) is 10. The Bertz CT molecular complexity index is 1660. The van der Waals surface area contributed by atoms with Gasteiger partial charge in [-0.1, -0.05) is 207 Å². The van der Waals surface area contributed by atoms with Crippen LogP contribution in [0.3, 0.4) is 0 Å². The number of unbranched alkanes of at least 4 members (excludes halogenated alkanes) is 17. The zero-order valence-corrected chi connectivity index (χ0v) is 47.4. The molecule has 0 spiro atoms. The minimum Gasteiger partial charge on any atom is -0.462 e. The number of ether oxygens (including phenoxy) is 3. The van der Waals surface area contributed by atoms with Crippen LogP contribution in [0.1, 0.15) is 226 Å². The molecule has 3 unspecified atom stereocenters. The fourth-order valence-corrected chi connectivity index (χ4v) is 8.14. The van der Waals surface area contributed by atoms with Crippen molar-refractivity contribution in [3.8, 4) is 0 Å². The van der Waals surface area contributed by atoms with Gasteiger partial charge in [0.25, 0.3) is 0 Å². The maximum Gasteiger partial charge on any atom is 0.472 e. The standard InChI is InChI=1S/C62H103O11P/c1-4-7-10-13-16-19-22-25-27-29-31-34-37-40-43-46-49-52-61(65)72-58(54-63)56-70-74(67,68)71-57-59(55-69-60(64)51-48-45-42-39-36-33-24-21-18-15-12-9-6-3)73-62(66)53-50-47-44-41-38-35-32-30-28-26-23-20-17-14-11-8-5-2/h8-9,11-12,17-18,20-21,25-28,32-33,35-36,42,45,58-59,63H,4-7,10,13-16,19,22-24,29-31,34,37-41,43-44,46-57H2,1-3H3,(H,67,68)/b11-8-,12-9-,20-17-,21-18-,27-25-,28-26-,35-32-,36-33-,45-42-. The highest BCUT2D eigenvalue weighted by molar-refractivity contribution is 7.47. The van der Waals surface area contributed by atoms with Gasteiger partial charge in [0.05, 0.1) is 19.8 Å². The van der Waals surface area contributed by atoms with Crippen LogP contribution in [0.4, 0.5) is 0 Å². The average molecular weight is 1060 g/mol. The first-order valence-corrected chi connectivity index (χ1v) is 30.3. The summed E-state index contributed by atoms with van der Waals surface area (Å²) in [4.78, 5) is 48.5. The van der Waals surface area contributed by atoms with Crippen molar-refractivity contribution in [2.24, 2.45) is 0 Å². The van der Waals surface area contributed by atoms with E-state index in [2.05, 4.69) is 118 Å². The van der Waals surface area contributed by atoms with E-state index in [1.165, 1.54) is 64.2 Å². The lowest BCUT2D eigenvalue weighted by Crippen LogP contribution is -2.30. The van der Waals surface area contributed by atoms with Gasteiger partial charge in [-0.25, -0.2) is 4.57 Å². The molecule has 0 fully saturated rings. The van der Waals surface area contributed by atoms with Crippen LogP contribution < -0.4 is 0 Å². The van der Waals surface area contributed by atoms with Crippen molar-refractivity contribution in [1.82, 2.24) is 0 Å². The van der Waals surface area contributed by atoms with E-state index in [9.17, 15) is 28.9 Å². The molecule has 3 atom stereocenters. The zero-order valence-electron chi connectivity index (χ0n) is 46.5. The highest BCUT2D eigenvalue weighted by Gasteiger charge is 2.28. The highest BCUT2D eigenvalue weighted by atomic mass is 31.2. The van der Waals surface area contributed by atoms with Crippen molar-refractivity contribution in [3.05, 3.63) is 109 Å². The van der Waals surface area contributed by atoms with Crippen molar-refractivity contribution in [3.63, 3.8) is 0 Å². The molecular weight excluding hydrogens is 952 g/mol. The van der Waals surface area contributed by atoms with Crippen LogP contribution in [-0.2, 0) is 42.2 Å². The number of esters is 3. The molecule has 0 radical (unpaired) electrons. The van der Waals surface area contributed by atoms with Gasteiger partial charge in [0.1, 0.15) is 12.7 Å². The van der Waals surface area contributed by atoms with Gasteiger partial charge in [0, 0.05) is 19.3 Å². The second kappa shape index (κ2) is 55.4. The van der Waals surface area contributed by atoms with Gasteiger partial charge in [-0.2, -0.15) is 0 Å². The second-order valence-electron chi connectivity index (χ2n) is 18.7. The Morgan fingerprint density at radius 3 is 1.15 bits per heavy atom. The summed E-state index contributed by atoms with van der Waals surface area (Å²) in [5.74, 6) is -1.60. The Morgan fingerprint density at radius 1 is 0.392 bits per heavy atom. The van der Waals surface area contributed by atoms with E-state index in [1.54, 1.807) is 0 Å². The molecule has 0 saturated carbocycles. The van der Waals surface area contributed by atoms with Gasteiger partial charge >= 0.3 is 25.7 Å². The average Bonchev–Trinajstić information content (AvgIpc) is 3.39. The highest BCUT2D eigenvalue weighted by Crippen LogP contribution is 2.43. The SMILES string of the molecule is CC/C=C\C/C=C\C/C=C\C/C=C\CCCCCCC(=O)OC(COC(=O)CC/C=C\C/C=C\C/C=C\C/C=C\CC)COP(=O)(O)OCC(CO)OC(=O)CCCCCCCCC/C=C\CCCCCCCC. The number of phosphoric ester groups is 1. The third-order valence-electron chi connectivity index (χ3n) is 11.7. The van der Waals surface area contributed by atoms with Crippen molar-refractivity contribution < 1.29 is 52.2 Å². The van der Waals surface area contributed by atoms with E-state index in [1.807, 2.05) is 12.2 Å². The monoisotopic (exact) mass is 1050 g/mol. The lowest BCUT2D eigenvalue weighted by molar-refractivity contribution is -0.161. The maximum atomic E-state index is 12.9. The third kappa shape index (κ3) is 53.0. The first-order valence-electron chi connectivity index (χ1n) is 28.8. The maximum absolute atomic E-state index is 12.9. The fourth-order valence-electron chi connectivity index (χ4n) is 7.35. The van der Waals surface area contributed by atoms with Crippen LogP contribution in [0.25, 0.3) is 0 Å². The van der Waals surface area contributed by atoms with Crippen LogP contribution in [-0.4, -0.2) is 66.5 Å². The van der Waals surface area contributed by atoms with Crippen LogP contribution in [0.5, 0.6) is 0 Å². The third-order valence-corrected chi connectivity index (χ3v) is 12.6. The van der Waals surface area contributed by atoms with Gasteiger partial charge in [-0.15, -0.1) is 0 Å². The fraction of sp³-hybridized carbons (Fsp3) is 0.661. The largest absolute Gasteiger partial charge is 0.472 e. The van der Waals surface area contributed by atoms with Crippen molar-refractivity contribution in [2.45, 2.75) is 238 Å². The summed E-state index contributed by atoms with van der Waals surface area (Å²) in [6, 6.07) is 0. The molecular formula is C62H103O11P. The van der Waals surface area contributed by atoms with E-state index in [4.69, 9.17) is 23.3 Å². The van der Waals surface area contributed by atoms with E-state index in [0.29, 0.717) is 19.3 Å². The number of aliphatic hydroxyl groups excluding tert-OH is 1. The Labute approximate surface area is 450 Å². The molecule has 2 N–H and O–H groups in total. The van der Waals surface area contributed by atoms with E-state index >= 15 is 0 Å². The Morgan fingerprint density at radius 2 is 0.730 bits per heavy atom. The van der Waals surface area contributed by atoms with Gasteiger partial charge in [-0.05, 0) is 109 Å². The van der Waals surface area contributed by atoms with Gasteiger partial charge in [-0.3, -0.25) is 23.4 Å². The Kier molecular flexibility index (Phi) is 52.5. The number of hydrogen-bond donors (Lipinski definition) is 2. The normalized spacial score (nSPS) is 14.2. The van der Waals surface area contributed by atoms with Crippen LogP contribution in [0.2, 0.25) is 0 Å². The van der Waals surface area contributed by atoms with E-state index in [0.717, 1.165) is 103 Å². The summed E-state index contributed by atoms with van der Waals surface area (Å²) >= 11 is 0. The molecule has 0 heterocycles. The molecule has 0 aliphatic heterocycles. The minimum absolute atomic E-state index is 0.0945. The summed E-state index contributed by atoms with van der Waals surface area (Å²) in [5.41, 5.74) is 0. The molecule has 422 valence electrons. The number of carbonyl (C=O) groups excluding carboxylic acids is 3. The van der Waals surface area contributed by atoms with Crippen molar-refractivity contribution in [1.29, 1.82) is 0 Å². The predicted octanol–water partition coefficient (Wildman–Crippen LogP) is 17.0. The number of phosphoric acid groups is 1. The van der Waals surface area contributed by atoms with Crippen LogP contribution in [0.15, 0.2) is 109 Å². The van der Waals surface area contributed by atoms with Crippen molar-refractivity contribution >= 4 is 25.7 Å². The summed E-state index contributed by atoms with van der Waals surface area (Å²) in [6.07, 6.45) is 66.4. The molecule has 0 aliphatic carbocycles. The molecule has 11 nitrogen and oxygen atoms in total. The molecule has 0 aromatic carbocycles. The summed E-state index contributed by atoms with van der Waals surface area (Å²) in [7, 11) is -4.78. The lowest BCUT2D eigenvalue weighted by atomic mass is 10.1. The summed E-state index contributed by atoms with van der Waals surface area (Å²) < 4.78 is 39.4. The van der Waals surface area contributed by atoms with Crippen LogP contribution >= 0.6 is 7.82 Å². The molecule has 0 aliphatic rings. The Balaban J connectivity index is 4.80. The predicted molar refractivity (Wildman–Crippen MR) is 307 cm³/mol. The number of carbonyl (C=O) groups is 3. The first kappa shape index (κ1) is 70.1. The molecule has 0 amide bonds. The topological polar surface area (TPSA) is 155 Å².